The molecule has 1 N–H and O–H groups in total. The summed E-state index contributed by atoms with van der Waals surface area (Å²) >= 11 is 0. The third-order valence-electron chi connectivity index (χ3n) is 4.13. The summed E-state index contributed by atoms with van der Waals surface area (Å²) in [7, 11) is 2.16. The van der Waals surface area contributed by atoms with Crippen molar-refractivity contribution < 1.29 is 5.11 Å². The van der Waals surface area contributed by atoms with E-state index in [2.05, 4.69) is 25.8 Å². The Morgan fingerprint density at radius 1 is 1.43 bits per heavy atom. The van der Waals surface area contributed by atoms with Crippen molar-refractivity contribution >= 4 is 0 Å². The second-order valence-electron chi connectivity index (χ2n) is 4.66. The minimum atomic E-state index is 0.0924. The van der Waals surface area contributed by atoms with Crippen LogP contribution < -0.4 is 0 Å². The van der Waals surface area contributed by atoms with E-state index < -0.39 is 0 Å². The molecule has 1 saturated heterocycles. The van der Waals surface area contributed by atoms with Crippen molar-refractivity contribution in [2.75, 3.05) is 20.2 Å². The first-order chi connectivity index (χ1) is 6.71. The Labute approximate surface area is 88.3 Å². The van der Waals surface area contributed by atoms with Crippen LogP contribution in [0.25, 0.3) is 0 Å². The summed E-state index contributed by atoms with van der Waals surface area (Å²) in [5.74, 6) is 0.711. The Morgan fingerprint density at radius 3 is 2.64 bits per heavy atom. The Morgan fingerprint density at radius 2 is 2.14 bits per heavy atom. The predicted octanol–water partition coefficient (Wildman–Crippen LogP) is 2.27. The Balaban J connectivity index is 2.64. The highest BCUT2D eigenvalue weighted by Gasteiger charge is 2.44. The summed E-state index contributed by atoms with van der Waals surface area (Å²) in [5, 5.41) is 9.62. The maximum atomic E-state index is 9.62. The topological polar surface area (TPSA) is 23.5 Å². The number of aliphatic hydroxyl groups excluding tert-OH is 1. The number of hydrogen-bond donors (Lipinski definition) is 1. The van der Waals surface area contributed by atoms with Gasteiger partial charge in [0.1, 0.15) is 0 Å². The van der Waals surface area contributed by atoms with Crippen LogP contribution in [0.5, 0.6) is 0 Å². The first kappa shape index (κ1) is 12.0. The number of aliphatic hydroxyl groups is 1. The second-order valence-corrected chi connectivity index (χ2v) is 4.66. The number of nitrogens with zero attached hydrogens (tertiary/aromatic N) is 1. The van der Waals surface area contributed by atoms with E-state index in [0.29, 0.717) is 12.5 Å². The molecule has 0 aliphatic carbocycles. The van der Waals surface area contributed by atoms with Gasteiger partial charge in [0.2, 0.25) is 0 Å². The van der Waals surface area contributed by atoms with Crippen LogP contribution in [0.3, 0.4) is 0 Å². The zero-order valence-corrected chi connectivity index (χ0v) is 9.92. The van der Waals surface area contributed by atoms with Crippen molar-refractivity contribution in [3.05, 3.63) is 0 Å². The van der Waals surface area contributed by atoms with Gasteiger partial charge in [0, 0.05) is 5.54 Å². The molecule has 1 aliphatic rings. The molecule has 14 heavy (non-hydrogen) atoms. The van der Waals surface area contributed by atoms with Gasteiger partial charge in [-0.25, -0.2) is 0 Å². The van der Waals surface area contributed by atoms with Crippen LogP contribution >= 0.6 is 0 Å². The third-order valence-corrected chi connectivity index (χ3v) is 4.13. The van der Waals surface area contributed by atoms with E-state index in [1.54, 1.807) is 0 Å². The van der Waals surface area contributed by atoms with E-state index in [4.69, 9.17) is 0 Å². The fraction of sp³-hybridized carbons (Fsp3) is 1.00. The maximum absolute atomic E-state index is 9.62. The minimum Gasteiger partial charge on any atom is -0.394 e. The van der Waals surface area contributed by atoms with E-state index in [1.807, 2.05) is 0 Å². The summed E-state index contributed by atoms with van der Waals surface area (Å²) in [6, 6.07) is 0. The second kappa shape index (κ2) is 5.13. The molecule has 0 aromatic rings. The van der Waals surface area contributed by atoms with Crippen LogP contribution in [-0.4, -0.2) is 35.7 Å². The van der Waals surface area contributed by atoms with E-state index in [1.165, 1.54) is 25.7 Å². The van der Waals surface area contributed by atoms with Gasteiger partial charge in [-0.15, -0.1) is 0 Å². The summed E-state index contributed by atoms with van der Waals surface area (Å²) in [4.78, 5) is 2.37. The van der Waals surface area contributed by atoms with Crippen LogP contribution in [0.4, 0.5) is 0 Å². The van der Waals surface area contributed by atoms with Gasteiger partial charge in [0.25, 0.3) is 0 Å². The van der Waals surface area contributed by atoms with Crippen molar-refractivity contribution in [2.24, 2.45) is 5.92 Å². The highest BCUT2D eigenvalue weighted by Crippen LogP contribution is 2.39. The normalized spacial score (nSPS) is 33.9. The number of unbranched alkanes of at least 4 members (excludes halogenated alkanes) is 1. The van der Waals surface area contributed by atoms with Gasteiger partial charge in [0.05, 0.1) is 6.61 Å². The molecule has 2 unspecified atom stereocenters. The average molecular weight is 199 g/mol. The lowest BCUT2D eigenvalue weighted by molar-refractivity contribution is 0.0441. The van der Waals surface area contributed by atoms with Crippen molar-refractivity contribution in [3.63, 3.8) is 0 Å². The van der Waals surface area contributed by atoms with Crippen molar-refractivity contribution in [2.45, 2.75) is 51.5 Å². The summed E-state index contributed by atoms with van der Waals surface area (Å²) in [5.41, 5.74) is 0.0924. The molecule has 1 aliphatic heterocycles. The number of likely N-dealkylation sites (N-methyl/N-ethyl adjacent to an activating group) is 1. The number of rotatable bonds is 5. The minimum absolute atomic E-state index is 0.0924. The molecule has 0 aromatic heterocycles. The molecule has 2 nitrogen and oxygen atoms in total. The molecular weight excluding hydrogens is 174 g/mol. The largest absolute Gasteiger partial charge is 0.394 e. The third kappa shape index (κ3) is 1.96. The molecular formula is C12H25NO. The van der Waals surface area contributed by atoms with Gasteiger partial charge in [-0.3, -0.25) is 4.90 Å². The van der Waals surface area contributed by atoms with Crippen LogP contribution in [0.1, 0.15) is 46.0 Å². The number of likely N-dealkylation sites (tertiary alicyclic amines) is 1. The van der Waals surface area contributed by atoms with Crippen LogP contribution in [0, 0.1) is 5.92 Å². The Hall–Kier alpha value is -0.0800. The zero-order valence-electron chi connectivity index (χ0n) is 9.92. The molecule has 0 aromatic carbocycles. The summed E-state index contributed by atoms with van der Waals surface area (Å²) in [6.45, 7) is 5.93. The smallest absolute Gasteiger partial charge is 0.0617 e. The van der Waals surface area contributed by atoms with Crippen molar-refractivity contribution in [3.8, 4) is 0 Å². The van der Waals surface area contributed by atoms with Crippen molar-refractivity contribution in [1.82, 2.24) is 4.90 Å². The molecule has 0 saturated carbocycles. The zero-order chi connectivity index (χ0) is 10.6. The molecule has 0 spiro atoms. The Bertz CT molecular complexity index is 166. The van der Waals surface area contributed by atoms with Crippen LogP contribution in [0.2, 0.25) is 0 Å². The molecule has 1 heterocycles. The molecule has 84 valence electrons. The summed E-state index contributed by atoms with van der Waals surface area (Å²) < 4.78 is 0. The van der Waals surface area contributed by atoms with Gasteiger partial charge < -0.3 is 5.11 Å². The van der Waals surface area contributed by atoms with E-state index in [9.17, 15) is 5.11 Å². The van der Waals surface area contributed by atoms with E-state index >= 15 is 0 Å². The summed E-state index contributed by atoms with van der Waals surface area (Å²) in [6.07, 6.45) is 6.21. The fourth-order valence-electron chi connectivity index (χ4n) is 2.94. The van der Waals surface area contributed by atoms with Crippen LogP contribution in [0.15, 0.2) is 0 Å². The standard InChI is InChI=1S/C12H25NO/c1-4-6-7-11-8-9-13(3)12(11,5-2)10-14/h11,14H,4-10H2,1-3H3. The van der Waals surface area contributed by atoms with Gasteiger partial charge in [-0.1, -0.05) is 26.7 Å². The molecule has 0 bridgehead atoms. The number of hydrogen-bond acceptors (Lipinski definition) is 2. The lowest BCUT2D eigenvalue weighted by Crippen LogP contribution is -2.48. The molecule has 2 heteroatoms. The lowest BCUT2D eigenvalue weighted by atomic mass is 9.80. The highest BCUT2D eigenvalue weighted by atomic mass is 16.3. The van der Waals surface area contributed by atoms with Gasteiger partial charge >= 0.3 is 0 Å². The highest BCUT2D eigenvalue weighted by molar-refractivity contribution is 4.99. The fourth-order valence-corrected chi connectivity index (χ4v) is 2.94. The Kier molecular flexibility index (Phi) is 4.39. The molecule has 1 rings (SSSR count). The maximum Gasteiger partial charge on any atom is 0.0617 e. The monoisotopic (exact) mass is 199 g/mol. The first-order valence-electron chi connectivity index (χ1n) is 6.03. The quantitative estimate of drug-likeness (QED) is 0.734. The average Bonchev–Trinajstić information content (AvgIpc) is 2.53. The van der Waals surface area contributed by atoms with Crippen LogP contribution in [-0.2, 0) is 0 Å². The first-order valence-corrected chi connectivity index (χ1v) is 6.03. The van der Waals surface area contributed by atoms with Gasteiger partial charge in [-0.2, -0.15) is 0 Å². The van der Waals surface area contributed by atoms with Crippen molar-refractivity contribution in [1.29, 1.82) is 0 Å². The SMILES string of the molecule is CCCCC1CCN(C)C1(CC)CO. The van der Waals surface area contributed by atoms with E-state index in [-0.39, 0.29) is 5.54 Å². The molecule has 0 amide bonds. The molecule has 0 radical (unpaired) electrons. The van der Waals surface area contributed by atoms with Gasteiger partial charge in [0.15, 0.2) is 0 Å². The molecule has 1 fully saturated rings. The van der Waals surface area contributed by atoms with Gasteiger partial charge in [-0.05, 0) is 38.8 Å². The lowest BCUT2D eigenvalue weighted by Gasteiger charge is -2.38. The van der Waals surface area contributed by atoms with E-state index in [0.717, 1.165) is 13.0 Å². The molecule has 2 atom stereocenters. The predicted molar refractivity (Wildman–Crippen MR) is 60.4 cm³/mol.